The molecule has 0 saturated carbocycles. The lowest BCUT2D eigenvalue weighted by atomic mass is 9.91. The topological polar surface area (TPSA) is 72.2 Å². The molecule has 0 fully saturated rings. The average Bonchev–Trinajstić information content (AvgIpc) is 2.23. The molecule has 0 aliphatic heterocycles. The fourth-order valence-corrected chi connectivity index (χ4v) is 1.30. The van der Waals surface area contributed by atoms with E-state index in [9.17, 15) is 0 Å². The van der Waals surface area contributed by atoms with Crippen molar-refractivity contribution in [3.63, 3.8) is 0 Å². The summed E-state index contributed by atoms with van der Waals surface area (Å²) in [5.41, 5.74) is 0.345. The molecule has 0 heterocycles. The summed E-state index contributed by atoms with van der Waals surface area (Å²) < 4.78 is 0. The van der Waals surface area contributed by atoms with Crippen LogP contribution < -0.4 is 16.0 Å². The predicted molar refractivity (Wildman–Crippen MR) is 71.7 cm³/mol. The van der Waals surface area contributed by atoms with Gasteiger partial charge in [0.2, 0.25) is 5.96 Å². The van der Waals surface area contributed by atoms with Crippen molar-refractivity contribution in [2.45, 2.75) is 33.6 Å². The Labute approximate surface area is 105 Å². The van der Waals surface area contributed by atoms with Crippen molar-refractivity contribution in [1.82, 2.24) is 16.0 Å². The molecule has 3 N–H and O–H groups in total. The third-order valence-corrected chi connectivity index (χ3v) is 2.20. The molecule has 98 valence electrons. The second kappa shape index (κ2) is 8.82. The first-order valence-corrected chi connectivity index (χ1v) is 6.07. The lowest BCUT2D eigenvalue weighted by Crippen LogP contribution is -2.38. The number of aliphatic imine (C=N–C) groups is 1. The summed E-state index contributed by atoms with van der Waals surface area (Å²) in [7, 11) is 1.89. The lowest BCUT2D eigenvalue weighted by molar-refractivity contribution is 0.368. The van der Waals surface area contributed by atoms with Crippen LogP contribution >= 0.6 is 0 Å². The quantitative estimate of drug-likeness (QED) is 0.213. The maximum Gasteiger partial charge on any atom is 0.204 e. The van der Waals surface area contributed by atoms with Gasteiger partial charge in [-0.2, -0.15) is 5.26 Å². The normalized spacial score (nSPS) is 12.1. The Balaban J connectivity index is 3.91. The van der Waals surface area contributed by atoms with Crippen molar-refractivity contribution >= 4 is 5.96 Å². The third kappa shape index (κ3) is 11.0. The van der Waals surface area contributed by atoms with Gasteiger partial charge >= 0.3 is 0 Å². The molecular weight excluding hydrogens is 214 g/mol. The van der Waals surface area contributed by atoms with Crippen LogP contribution in [0.15, 0.2) is 4.99 Å². The van der Waals surface area contributed by atoms with Gasteiger partial charge < -0.3 is 10.6 Å². The number of nitriles is 1. The first-order valence-electron chi connectivity index (χ1n) is 6.07. The molecule has 0 radical (unpaired) electrons. The van der Waals surface area contributed by atoms with E-state index in [0.717, 1.165) is 32.5 Å². The van der Waals surface area contributed by atoms with Gasteiger partial charge in [-0.3, -0.25) is 10.3 Å². The molecule has 17 heavy (non-hydrogen) atoms. The fourth-order valence-electron chi connectivity index (χ4n) is 1.30. The molecule has 0 spiro atoms. The average molecular weight is 239 g/mol. The zero-order valence-electron chi connectivity index (χ0n) is 11.4. The Morgan fingerprint density at radius 2 is 2.00 bits per heavy atom. The smallest absolute Gasteiger partial charge is 0.204 e. The summed E-state index contributed by atoms with van der Waals surface area (Å²) in [5.74, 6) is 0.566. The van der Waals surface area contributed by atoms with Gasteiger partial charge in [0.1, 0.15) is 0 Å². The van der Waals surface area contributed by atoms with Gasteiger partial charge in [0, 0.05) is 19.6 Å². The van der Waals surface area contributed by atoms with Crippen molar-refractivity contribution in [2.75, 3.05) is 26.7 Å². The molecular formula is C12H25N5. The lowest BCUT2D eigenvalue weighted by Gasteiger charge is -2.16. The molecule has 0 saturated heterocycles. The summed E-state index contributed by atoms with van der Waals surface area (Å²) in [6, 6.07) is 0. The van der Waals surface area contributed by atoms with E-state index in [1.165, 1.54) is 0 Å². The van der Waals surface area contributed by atoms with Crippen LogP contribution in [-0.4, -0.2) is 32.6 Å². The van der Waals surface area contributed by atoms with Gasteiger partial charge in [-0.15, -0.1) is 0 Å². The first kappa shape index (κ1) is 15.7. The van der Waals surface area contributed by atoms with Crippen LogP contribution in [0.3, 0.4) is 0 Å². The van der Waals surface area contributed by atoms with Crippen LogP contribution in [0.5, 0.6) is 0 Å². The number of guanidine groups is 1. The Morgan fingerprint density at radius 1 is 1.29 bits per heavy atom. The molecule has 0 atom stereocenters. The van der Waals surface area contributed by atoms with Gasteiger partial charge in [-0.05, 0) is 25.3 Å². The van der Waals surface area contributed by atoms with Crippen molar-refractivity contribution in [3.05, 3.63) is 0 Å². The molecule has 0 bridgehead atoms. The Bertz CT molecular complexity index is 259. The fraction of sp³-hybridized carbons (Fsp3) is 0.833. The van der Waals surface area contributed by atoms with Gasteiger partial charge in [0.15, 0.2) is 6.19 Å². The van der Waals surface area contributed by atoms with Crippen LogP contribution in [0, 0.1) is 16.9 Å². The molecule has 0 aromatic rings. The van der Waals surface area contributed by atoms with E-state index in [0.29, 0.717) is 11.4 Å². The first-order chi connectivity index (χ1) is 7.99. The molecule has 0 rings (SSSR count). The van der Waals surface area contributed by atoms with Gasteiger partial charge in [-0.1, -0.05) is 20.8 Å². The number of hydrogen-bond acceptors (Lipinski definition) is 3. The highest BCUT2D eigenvalue weighted by Crippen LogP contribution is 2.20. The van der Waals surface area contributed by atoms with Crippen LogP contribution in [0.1, 0.15) is 33.6 Å². The molecule has 5 nitrogen and oxygen atoms in total. The Kier molecular flexibility index (Phi) is 8.16. The van der Waals surface area contributed by atoms with Crippen LogP contribution in [-0.2, 0) is 0 Å². The second-order valence-corrected chi connectivity index (χ2v) is 5.16. The summed E-state index contributed by atoms with van der Waals surface area (Å²) >= 11 is 0. The minimum atomic E-state index is 0.345. The molecule has 0 unspecified atom stereocenters. The number of rotatable bonds is 6. The van der Waals surface area contributed by atoms with Crippen molar-refractivity contribution < 1.29 is 0 Å². The van der Waals surface area contributed by atoms with E-state index in [1.807, 2.05) is 13.2 Å². The van der Waals surface area contributed by atoms with E-state index in [-0.39, 0.29) is 0 Å². The standard InChI is InChI=1S/C12H25N5/c1-12(2,3)6-5-7-15-11(17-10-13)16-9-8-14-4/h14H,5-9H2,1-4H3,(H2,15,16,17). The summed E-state index contributed by atoms with van der Waals surface area (Å²) in [5, 5.41) is 17.2. The van der Waals surface area contributed by atoms with E-state index in [4.69, 9.17) is 5.26 Å². The van der Waals surface area contributed by atoms with Crippen molar-refractivity contribution in [3.8, 4) is 6.19 Å². The Morgan fingerprint density at radius 3 is 2.53 bits per heavy atom. The molecule has 0 aliphatic carbocycles. The number of nitrogens with zero attached hydrogens (tertiary/aromatic N) is 2. The zero-order chi connectivity index (χ0) is 13.1. The minimum Gasteiger partial charge on any atom is -0.354 e. The minimum absolute atomic E-state index is 0.345. The highest BCUT2D eigenvalue weighted by atomic mass is 15.2. The molecule has 0 aromatic heterocycles. The summed E-state index contributed by atoms with van der Waals surface area (Å²) in [6.45, 7) is 8.99. The van der Waals surface area contributed by atoms with Crippen LogP contribution in [0.2, 0.25) is 0 Å². The van der Waals surface area contributed by atoms with Gasteiger partial charge in [0.25, 0.3) is 0 Å². The molecule has 0 aliphatic rings. The summed E-state index contributed by atoms with van der Waals surface area (Å²) in [4.78, 5) is 4.33. The van der Waals surface area contributed by atoms with E-state index in [2.05, 4.69) is 41.7 Å². The van der Waals surface area contributed by atoms with Crippen LogP contribution in [0.4, 0.5) is 0 Å². The summed E-state index contributed by atoms with van der Waals surface area (Å²) in [6.07, 6.45) is 4.06. The molecule has 0 aromatic carbocycles. The monoisotopic (exact) mass is 239 g/mol. The van der Waals surface area contributed by atoms with Crippen molar-refractivity contribution in [2.24, 2.45) is 10.4 Å². The molecule has 0 amide bonds. The van der Waals surface area contributed by atoms with Crippen molar-refractivity contribution in [1.29, 1.82) is 5.26 Å². The van der Waals surface area contributed by atoms with Crippen LogP contribution in [0.25, 0.3) is 0 Å². The highest BCUT2D eigenvalue weighted by molar-refractivity contribution is 5.81. The third-order valence-electron chi connectivity index (χ3n) is 2.20. The second-order valence-electron chi connectivity index (χ2n) is 5.16. The highest BCUT2D eigenvalue weighted by Gasteiger charge is 2.08. The van der Waals surface area contributed by atoms with E-state index >= 15 is 0 Å². The van der Waals surface area contributed by atoms with Gasteiger partial charge in [-0.25, -0.2) is 0 Å². The maximum atomic E-state index is 8.58. The Hall–Kier alpha value is -1.28. The SMILES string of the molecule is CNCCNC(=NCCCC(C)(C)C)NC#N. The maximum absolute atomic E-state index is 8.58. The zero-order valence-corrected chi connectivity index (χ0v) is 11.4. The van der Waals surface area contributed by atoms with E-state index in [1.54, 1.807) is 0 Å². The molecule has 5 heteroatoms. The van der Waals surface area contributed by atoms with Gasteiger partial charge in [0.05, 0.1) is 0 Å². The predicted octanol–water partition coefficient (Wildman–Crippen LogP) is 1.05. The van der Waals surface area contributed by atoms with E-state index < -0.39 is 0 Å². The number of nitrogens with one attached hydrogen (secondary N) is 3. The number of hydrogen-bond donors (Lipinski definition) is 3. The largest absolute Gasteiger partial charge is 0.354 e. The number of likely N-dealkylation sites (N-methyl/N-ethyl adjacent to an activating group) is 1.